The van der Waals surface area contributed by atoms with Crippen molar-refractivity contribution in [3.63, 3.8) is 0 Å². The molecule has 7 heteroatoms. The highest BCUT2D eigenvalue weighted by Gasteiger charge is 2.33. The molecule has 1 saturated heterocycles. The molecule has 1 saturated carbocycles. The summed E-state index contributed by atoms with van der Waals surface area (Å²) < 4.78 is 9.72. The van der Waals surface area contributed by atoms with Crippen molar-refractivity contribution < 1.29 is 14.3 Å². The highest BCUT2D eigenvalue weighted by molar-refractivity contribution is 6.14. The van der Waals surface area contributed by atoms with Crippen LogP contribution in [0.4, 0.5) is 4.79 Å². The van der Waals surface area contributed by atoms with Crippen molar-refractivity contribution in [2.24, 2.45) is 5.92 Å². The molecule has 31 heavy (non-hydrogen) atoms. The van der Waals surface area contributed by atoms with Gasteiger partial charge >= 0.3 is 6.03 Å². The molecule has 2 amide bonds. The van der Waals surface area contributed by atoms with Crippen LogP contribution >= 0.6 is 0 Å². The molecule has 164 valence electrons. The van der Waals surface area contributed by atoms with Crippen LogP contribution in [-0.2, 0) is 11.3 Å². The van der Waals surface area contributed by atoms with Gasteiger partial charge in [-0.15, -0.1) is 0 Å². The van der Waals surface area contributed by atoms with Gasteiger partial charge in [-0.05, 0) is 44.7 Å². The molecule has 1 aromatic carbocycles. The van der Waals surface area contributed by atoms with E-state index in [1.54, 1.807) is 18.7 Å². The second-order valence-electron chi connectivity index (χ2n) is 9.31. The van der Waals surface area contributed by atoms with Gasteiger partial charge in [0.05, 0.1) is 28.8 Å². The highest BCUT2D eigenvalue weighted by Crippen LogP contribution is 2.37. The van der Waals surface area contributed by atoms with Crippen LogP contribution in [0.2, 0.25) is 0 Å². The van der Waals surface area contributed by atoms with Gasteiger partial charge in [-0.3, -0.25) is 9.36 Å². The number of hydrogen-bond acceptors (Lipinski definition) is 3. The zero-order valence-corrected chi connectivity index (χ0v) is 18.7. The topological polar surface area (TPSA) is 59.7 Å². The van der Waals surface area contributed by atoms with Crippen LogP contribution in [0.3, 0.4) is 0 Å². The van der Waals surface area contributed by atoms with Crippen molar-refractivity contribution in [1.29, 1.82) is 0 Å². The lowest BCUT2D eigenvalue weighted by Gasteiger charge is -2.35. The molecule has 0 spiro atoms. The molecule has 2 atom stereocenters. The van der Waals surface area contributed by atoms with Crippen molar-refractivity contribution in [3.8, 4) is 0 Å². The number of rotatable bonds is 3. The molecule has 3 aromatic rings. The van der Waals surface area contributed by atoms with Crippen molar-refractivity contribution in [1.82, 2.24) is 18.9 Å². The van der Waals surface area contributed by atoms with Gasteiger partial charge in [0.15, 0.2) is 0 Å². The number of nitrogens with zero attached hydrogens (tertiary/aromatic N) is 4. The molecule has 7 nitrogen and oxygen atoms in total. The fourth-order valence-corrected chi connectivity index (χ4v) is 4.82. The Kier molecular flexibility index (Phi) is 4.81. The fourth-order valence-electron chi connectivity index (χ4n) is 4.82. The molecule has 0 N–H and O–H groups in total. The van der Waals surface area contributed by atoms with Crippen molar-refractivity contribution in [3.05, 3.63) is 36.0 Å². The smallest absolute Gasteiger partial charge is 0.328 e. The van der Waals surface area contributed by atoms with Crippen LogP contribution in [0.5, 0.6) is 0 Å². The van der Waals surface area contributed by atoms with E-state index in [9.17, 15) is 9.59 Å². The van der Waals surface area contributed by atoms with E-state index < -0.39 is 0 Å². The summed E-state index contributed by atoms with van der Waals surface area (Å²) in [5.41, 5.74) is 3.33. The van der Waals surface area contributed by atoms with E-state index in [4.69, 9.17) is 4.74 Å². The Balaban J connectivity index is 1.71. The van der Waals surface area contributed by atoms with Crippen LogP contribution in [0.15, 0.2) is 30.3 Å². The zero-order valence-electron chi connectivity index (χ0n) is 18.7. The first-order valence-corrected chi connectivity index (χ1v) is 11.1. The summed E-state index contributed by atoms with van der Waals surface area (Å²) in [5, 5.41) is 1.01. The van der Waals surface area contributed by atoms with E-state index in [1.165, 1.54) is 17.7 Å². The van der Waals surface area contributed by atoms with Gasteiger partial charge in [0.2, 0.25) is 0 Å². The summed E-state index contributed by atoms with van der Waals surface area (Å²) in [7, 11) is 3.45. The SMILES string of the molecule is CC1CN(C(=O)c2cc3c(c4ccccc4n3CC3CC3)n2C(=O)N(C)C)CC(C)O1. The average molecular weight is 423 g/mol. The molecular formula is C24H30N4O3. The molecule has 1 aliphatic carbocycles. The molecule has 0 bridgehead atoms. The largest absolute Gasteiger partial charge is 0.372 e. The Morgan fingerprint density at radius 2 is 1.74 bits per heavy atom. The summed E-state index contributed by atoms with van der Waals surface area (Å²) in [4.78, 5) is 30.3. The van der Waals surface area contributed by atoms with Gasteiger partial charge in [-0.1, -0.05) is 18.2 Å². The second kappa shape index (κ2) is 7.41. The quantitative estimate of drug-likeness (QED) is 0.645. The number of benzene rings is 1. The van der Waals surface area contributed by atoms with Crippen LogP contribution in [0, 0.1) is 5.92 Å². The third-order valence-corrected chi connectivity index (χ3v) is 6.36. The lowest BCUT2D eigenvalue weighted by atomic mass is 10.2. The summed E-state index contributed by atoms with van der Waals surface area (Å²) in [6.45, 7) is 5.93. The maximum absolute atomic E-state index is 13.7. The van der Waals surface area contributed by atoms with Gasteiger partial charge < -0.3 is 19.1 Å². The predicted octanol–water partition coefficient (Wildman–Crippen LogP) is 3.79. The van der Waals surface area contributed by atoms with Crippen LogP contribution < -0.4 is 0 Å². The predicted molar refractivity (Wildman–Crippen MR) is 121 cm³/mol. The number of para-hydroxylation sites is 1. The first-order chi connectivity index (χ1) is 14.8. The molecule has 1 aliphatic heterocycles. The molecule has 3 heterocycles. The Morgan fingerprint density at radius 3 is 2.39 bits per heavy atom. The van der Waals surface area contributed by atoms with Crippen molar-refractivity contribution in [2.75, 3.05) is 27.2 Å². The van der Waals surface area contributed by atoms with E-state index in [2.05, 4.69) is 10.6 Å². The third-order valence-electron chi connectivity index (χ3n) is 6.36. The molecule has 2 aromatic heterocycles. The number of carbonyl (C=O) groups is 2. The van der Waals surface area contributed by atoms with Gasteiger partial charge in [0, 0.05) is 39.1 Å². The van der Waals surface area contributed by atoms with Crippen LogP contribution in [-0.4, -0.2) is 70.3 Å². The Bertz CT molecular complexity index is 1160. The molecule has 2 aliphatic rings. The fraction of sp³-hybridized carbons (Fsp3) is 0.500. The molecule has 5 rings (SSSR count). The monoisotopic (exact) mass is 422 g/mol. The average Bonchev–Trinajstić information content (AvgIpc) is 3.39. The number of morpholine rings is 1. The number of fused-ring (bicyclic) bond motifs is 3. The van der Waals surface area contributed by atoms with Crippen molar-refractivity contribution in [2.45, 2.75) is 45.4 Å². The first kappa shape index (κ1) is 20.1. The lowest BCUT2D eigenvalue weighted by molar-refractivity contribution is -0.0587. The number of carbonyl (C=O) groups excluding carboxylic acids is 2. The van der Waals surface area contributed by atoms with Crippen LogP contribution in [0.1, 0.15) is 37.2 Å². The summed E-state index contributed by atoms with van der Waals surface area (Å²) in [6, 6.07) is 9.90. The van der Waals surface area contributed by atoms with Crippen LogP contribution in [0.25, 0.3) is 21.9 Å². The Hall–Kier alpha value is -2.80. The Labute approximate surface area is 182 Å². The van der Waals surface area contributed by atoms with Gasteiger partial charge in [0.1, 0.15) is 5.69 Å². The minimum atomic E-state index is -0.206. The summed E-state index contributed by atoms with van der Waals surface area (Å²) in [5.74, 6) is 0.558. The van der Waals surface area contributed by atoms with E-state index in [0.29, 0.717) is 24.7 Å². The maximum atomic E-state index is 13.7. The minimum absolute atomic E-state index is 0.0281. The zero-order chi connectivity index (χ0) is 21.9. The second-order valence-corrected chi connectivity index (χ2v) is 9.31. The van der Waals surface area contributed by atoms with E-state index >= 15 is 0 Å². The number of ether oxygens (including phenoxy) is 1. The number of aromatic nitrogens is 2. The normalized spacial score (nSPS) is 21.7. The van der Waals surface area contributed by atoms with E-state index in [1.807, 2.05) is 43.0 Å². The molecular weight excluding hydrogens is 392 g/mol. The summed E-state index contributed by atoms with van der Waals surface area (Å²) in [6.07, 6.45) is 2.42. The first-order valence-electron chi connectivity index (χ1n) is 11.1. The van der Waals surface area contributed by atoms with Gasteiger partial charge in [0.25, 0.3) is 5.91 Å². The lowest BCUT2D eigenvalue weighted by Crippen LogP contribution is -2.49. The summed E-state index contributed by atoms with van der Waals surface area (Å²) >= 11 is 0. The van der Waals surface area contributed by atoms with E-state index in [-0.39, 0.29) is 24.1 Å². The molecule has 2 unspecified atom stereocenters. The maximum Gasteiger partial charge on any atom is 0.328 e. The van der Waals surface area contributed by atoms with Gasteiger partial charge in [-0.25, -0.2) is 4.79 Å². The highest BCUT2D eigenvalue weighted by atomic mass is 16.5. The number of hydrogen-bond donors (Lipinski definition) is 0. The minimum Gasteiger partial charge on any atom is -0.372 e. The molecule has 0 radical (unpaired) electrons. The van der Waals surface area contributed by atoms with Crippen molar-refractivity contribution >= 4 is 33.9 Å². The standard InChI is InChI=1S/C24H30N4O3/c1-15-12-26(13-16(2)31-15)23(29)21-11-20-22(28(21)24(30)25(3)4)18-7-5-6-8-19(18)27(20)14-17-9-10-17/h5-8,11,15-17H,9-10,12-14H2,1-4H3. The number of amides is 2. The van der Waals surface area contributed by atoms with Gasteiger partial charge in [-0.2, -0.15) is 0 Å². The third kappa shape index (κ3) is 3.41. The van der Waals surface area contributed by atoms with E-state index in [0.717, 1.165) is 28.5 Å². The molecule has 2 fully saturated rings. The Morgan fingerprint density at radius 1 is 1.06 bits per heavy atom.